The lowest BCUT2D eigenvalue weighted by Crippen LogP contribution is -2.32. The van der Waals surface area contributed by atoms with Crippen molar-refractivity contribution in [1.29, 1.82) is 0 Å². The molecular weight excluding hydrogens is 436 g/mol. The summed E-state index contributed by atoms with van der Waals surface area (Å²) in [7, 11) is 1.82. The van der Waals surface area contributed by atoms with Gasteiger partial charge in [-0.1, -0.05) is 46.8 Å². The zero-order valence-corrected chi connectivity index (χ0v) is 21.9. The third-order valence-electron chi connectivity index (χ3n) is 6.82. The van der Waals surface area contributed by atoms with Gasteiger partial charge in [0.05, 0.1) is 11.0 Å². The molecule has 6 nitrogen and oxygen atoms in total. The van der Waals surface area contributed by atoms with E-state index in [2.05, 4.69) is 51.3 Å². The van der Waals surface area contributed by atoms with Crippen molar-refractivity contribution in [3.8, 4) is 5.75 Å². The number of amides is 1. The van der Waals surface area contributed by atoms with Crippen molar-refractivity contribution in [2.75, 3.05) is 13.7 Å². The van der Waals surface area contributed by atoms with Crippen molar-refractivity contribution in [3.63, 3.8) is 0 Å². The van der Waals surface area contributed by atoms with Gasteiger partial charge in [0.2, 0.25) is 6.23 Å². The van der Waals surface area contributed by atoms with Gasteiger partial charge < -0.3 is 14.6 Å². The molecule has 1 aromatic carbocycles. The number of benzene rings is 1. The van der Waals surface area contributed by atoms with Crippen molar-refractivity contribution >= 4 is 17.4 Å². The third kappa shape index (κ3) is 5.05. The molecule has 0 saturated carbocycles. The molecule has 1 fully saturated rings. The SMILES string of the molecule is CCC(CC)(c1ccc(OCC(O)C(C)(C)C)c(C)c1)c1cc(C)c(C2OC(=O)NN2C)s1. The number of hydrogen-bond donors (Lipinski definition) is 2. The third-order valence-corrected chi connectivity index (χ3v) is 8.29. The van der Waals surface area contributed by atoms with Crippen LogP contribution in [-0.2, 0) is 10.2 Å². The Morgan fingerprint density at radius 2 is 1.85 bits per heavy atom. The smallest absolute Gasteiger partial charge is 0.423 e. The minimum atomic E-state index is -0.535. The molecule has 1 saturated heterocycles. The maximum absolute atomic E-state index is 11.7. The second-order valence-corrected chi connectivity index (χ2v) is 11.2. The van der Waals surface area contributed by atoms with E-state index in [9.17, 15) is 9.90 Å². The van der Waals surface area contributed by atoms with Gasteiger partial charge >= 0.3 is 6.09 Å². The molecule has 182 valence electrons. The lowest BCUT2D eigenvalue weighted by molar-refractivity contribution is 0.0216. The van der Waals surface area contributed by atoms with Gasteiger partial charge in [-0.25, -0.2) is 4.79 Å². The van der Waals surface area contributed by atoms with Crippen LogP contribution in [0.5, 0.6) is 5.75 Å². The van der Waals surface area contributed by atoms with Crippen molar-refractivity contribution in [2.45, 2.75) is 79.1 Å². The second-order valence-electron chi connectivity index (χ2n) is 10.1. The molecule has 1 aliphatic rings. The fourth-order valence-corrected chi connectivity index (χ4v) is 5.89. The minimum Gasteiger partial charge on any atom is -0.491 e. The fraction of sp³-hybridized carbons (Fsp3) is 0.577. The molecule has 0 radical (unpaired) electrons. The minimum absolute atomic E-state index is 0.142. The van der Waals surface area contributed by atoms with Gasteiger partial charge in [0.25, 0.3) is 0 Å². The molecule has 2 unspecified atom stereocenters. The number of hydrazine groups is 1. The molecule has 7 heteroatoms. The highest BCUT2D eigenvalue weighted by atomic mass is 32.1. The summed E-state index contributed by atoms with van der Waals surface area (Å²) >= 11 is 1.72. The normalized spacial score (nSPS) is 18.2. The van der Waals surface area contributed by atoms with Crippen molar-refractivity contribution in [3.05, 3.63) is 50.7 Å². The molecular formula is C26H38N2O4S. The van der Waals surface area contributed by atoms with Crippen LogP contribution in [0, 0.1) is 19.3 Å². The number of aliphatic hydroxyl groups excluding tert-OH is 1. The van der Waals surface area contributed by atoms with Crippen LogP contribution in [0.1, 0.15) is 80.1 Å². The van der Waals surface area contributed by atoms with Gasteiger partial charge in [-0.15, -0.1) is 11.3 Å². The molecule has 33 heavy (non-hydrogen) atoms. The van der Waals surface area contributed by atoms with Crippen molar-refractivity contribution < 1.29 is 19.4 Å². The van der Waals surface area contributed by atoms with Gasteiger partial charge in [0.1, 0.15) is 12.4 Å². The van der Waals surface area contributed by atoms with Crippen LogP contribution in [0.3, 0.4) is 0 Å². The Morgan fingerprint density at radius 3 is 2.36 bits per heavy atom. The average Bonchev–Trinajstić information content (AvgIpc) is 3.29. The Hall–Kier alpha value is -2.09. The second kappa shape index (κ2) is 9.65. The first-order valence-corrected chi connectivity index (χ1v) is 12.5. The Labute approximate surface area is 201 Å². The average molecular weight is 475 g/mol. The summed E-state index contributed by atoms with van der Waals surface area (Å²) in [6.07, 6.45) is 0.534. The Kier molecular flexibility index (Phi) is 7.46. The molecule has 0 aliphatic carbocycles. The number of carbonyl (C=O) groups excluding carboxylic acids is 1. The van der Waals surface area contributed by atoms with Crippen LogP contribution < -0.4 is 10.2 Å². The van der Waals surface area contributed by atoms with Crippen LogP contribution in [0.4, 0.5) is 4.79 Å². The predicted octanol–water partition coefficient (Wildman–Crippen LogP) is 5.84. The Balaban J connectivity index is 1.92. The summed E-state index contributed by atoms with van der Waals surface area (Å²) < 4.78 is 11.5. The molecule has 2 aromatic rings. The Morgan fingerprint density at radius 1 is 1.18 bits per heavy atom. The van der Waals surface area contributed by atoms with E-state index in [0.29, 0.717) is 0 Å². The zero-order chi connectivity index (χ0) is 24.6. The molecule has 1 amide bonds. The number of nitrogens with zero attached hydrogens (tertiary/aromatic N) is 1. The van der Waals surface area contributed by atoms with Crippen molar-refractivity contribution in [1.82, 2.24) is 10.4 Å². The van der Waals surface area contributed by atoms with E-state index in [1.54, 1.807) is 16.3 Å². The highest BCUT2D eigenvalue weighted by Crippen LogP contribution is 2.46. The van der Waals surface area contributed by atoms with E-state index in [0.717, 1.165) is 34.6 Å². The van der Waals surface area contributed by atoms with Crippen LogP contribution in [0.15, 0.2) is 24.3 Å². The van der Waals surface area contributed by atoms with Gasteiger partial charge in [0, 0.05) is 17.3 Å². The van der Waals surface area contributed by atoms with Gasteiger partial charge in [-0.3, -0.25) is 5.43 Å². The number of aryl methyl sites for hydroxylation is 2. The summed E-state index contributed by atoms with van der Waals surface area (Å²) in [6, 6.07) is 8.63. The summed E-state index contributed by atoms with van der Waals surface area (Å²) in [5.74, 6) is 0.803. The van der Waals surface area contributed by atoms with Crippen LogP contribution in [-0.4, -0.2) is 36.0 Å². The molecule has 2 N–H and O–H groups in total. The van der Waals surface area contributed by atoms with Crippen LogP contribution >= 0.6 is 11.3 Å². The molecule has 1 aromatic heterocycles. The topological polar surface area (TPSA) is 71.0 Å². The highest BCUT2D eigenvalue weighted by molar-refractivity contribution is 7.12. The molecule has 1 aliphatic heterocycles. The first kappa shape index (κ1) is 25.5. The van der Waals surface area contributed by atoms with E-state index in [1.165, 1.54) is 10.4 Å². The van der Waals surface area contributed by atoms with Gasteiger partial charge in [-0.2, -0.15) is 5.01 Å². The van der Waals surface area contributed by atoms with Gasteiger partial charge in [-0.05, 0) is 60.9 Å². The lowest BCUT2D eigenvalue weighted by Gasteiger charge is -2.32. The Bertz CT molecular complexity index is 991. The quantitative estimate of drug-likeness (QED) is 0.503. The number of rotatable bonds is 8. The summed E-state index contributed by atoms with van der Waals surface area (Å²) in [5, 5.41) is 12.1. The van der Waals surface area contributed by atoms with E-state index in [1.807, 2.05) is 33.9 Å². The number of thiophene rings is 1. The standard InChI is InChI=1S/C26H38N2O4S/c1-9-26(10-2,21-14-17(4)22(33-21)23-28(8)27-24(30)32-23)18-11-12-19(16(3)13-18)31-15-20(29)25(5,6)7/h11-14,20,23,29H,9-10,15H2,1-8H3,(H,27,30). The van der Waals surface area contributed by atoms with E-state index >= 15 is 0 Å². The predicted molar refractivity (Wildman–Crippen MR) is 133 cm³/mol. The van der Waals surface area contributed by atoms with Gasteiger partial charge in [0.15, 0.2) is 0 Å². The van der Waals surface area contributed by atoms with E-state index < -0.39 is 18.4 Å². The first-order valence-electron chi connectivity index (χ1n) is 11.7. The van der Waals surface area contributed by atoms with E-state index in [-0.39, 0.29) is 17.4 Å². The molecule has 3 rings (SSSR count). The highest BCUT2D eigenvalue weighted by Gasteiger charge is 2.37. The first-order chi connectivity index (χ1) is 15.4. The van der Waals surface area contributed by atoms with Crippen LogP contribution in [0.25, 0.3) is 0 Å². The number of ether oxygens (including phenoxy) is 2. The summed E-state index contributed by atoms with van der Waals surface area (Å²) in [6.45, 7) is 14.9. The molecule has 0 bridgehead atoms. The summed E-state index contributed by atoms with van der Waals surface area (Å²) in [4.78, 5) is 14.0. The number of aliphatic hydroxyl groups is 1. The van der Waals surface area contributed by atoms with Crippen LogP contribution in [0.2, 0.25) is 0 Å². The maximum atomic E-state index is 11.7. The molecule has 2 atom stereocenters. The largest absolute Gasteiger partial charge is 0.491 e. The monoisotopic (exact) mass is 474 g/mol. The number of carbonyl (C=O) groups is 1. The molecule has 0 spiro atoms. The molecule has 2 heterocycles. The summed E-state index contributed by atoms with van der Waals surface area (Å²) in [5.41, 5.74) is 5.76. The number of hydrogen-bond acceptors (Lipinski definition) is 6. The van der Waals surface area contributed by atoms with Crippen molar-refractivity contribution in [2.24, 2.45) is 5.41 Å². The number of nitrogens with one attached hydrogen (secondary N) is 1. The number of cyclic esters (lactones) is 1. The lowest BCUT2D eigenvalue weighted by atomic mass is 9.74. The van der Waals surface area contributed by atoms with E-state index in [4.69, 9.17) is 9.47 Å². The maximum Gasteiger partial charge on any atom is 0.423 e. The fourth-order valence-electron chi connectivity index (χ4n) is 4.29. The zero-order valence-electron chi connectivity index (χ0n) is 21.1.